The van der Waals surface area contributed by atoms with E-state index in [4.69, 9.17) is 9.47 Å². The SMILES string of the molecule is CN(C)C(=O)CO[C@@H]1CCOC[C@@H]1NC(=O)c1cc(=O)[nH]c2ccccc12. The zero-order valence-electron chi connectivity index (χ0n) is 15.4. The van der Waals surface area contributed by atoms with E-state index in [-0.39, 0.29) is 36.7 Å². The van der Waals surface area contributed by atoms with E-state index in [0.717, 1.165) is 0 Å². The van der Waals surface area contributed by atoms with Crippen LogP contribution in [-0.4, -0.2) is 67.8 Å². The Balaban J connectivity index is 1.76. The molecule has 2 atom stereocenters. The van der Waals surface area contributed by atoms with Crippen molar-refractivity contribution in [1.29, 1.82) is 0 Å². The minimum Gasteiger partial charge on any atom is -0.379 e. The predicted octanol–water partition coefficient (Wildman–Crippen LogP) is 0.520. The van der Waals surface area contributed by atoms with Crippen molar-refractivity contribution in [1.82, 2.24) is 15.2 Å². The van der Waals surface area contributed by atoms with E-state index >= 15 is 0 Å². The van der Waals surface area contributed by atoms with Gasteiger partial charge in [-0.2, -0.15) is 0 Å². The van der Waals surface area contributed by atoms with Crippen LogP contribution in [0.1, 0.15) is 16.8 Å². The molecule has 1 aromatic heterocycles. The zero-order chi connectivity index (χ0) is 19.4. The number of fused-ring (bicyclic) bond motifs is 1. The third kappa shape index (κ3) is 4.53. The maximum absolute atomic E-state index is 12.8. The molecule has 8 nitrogen and oxygen atoms in total. The van der Waals surface area contributed by atoms with Gasteiger partial charge in [0.15, 0.2) is 0 Å². The first-order valence-electron chi connectivity index (χ1n) is 8.78. The lowest BCUT2D eigenvalue weighted by molar-refractivity contribution is -0.138. The van der Waals surface area contributed by atoms with Crippen molar-refractivity contribution in [2.24, 2.45) is 0 Å². The second-order valence-electron chi connectivity index (χ2n) is 6.67. The predicted molar refractivity (Wildman–Crippen MR) is 99.7 cm³/mol. The van der Waals surface area contributed by atoms with E-state index in [2.05, 4.69) is 10.3 Å². The van der Waals surface area contributed by atoms with Gasteiger partial charge in [0.25, 0.3) is 5.91 Å². The molecule has 0 radical (unpaired) electrons. The summed E-state index contributed by atoms with van der Waals surface area (Å²) >= 11 is 0. The molecular weight excluding hydrogens is 350 g/mol. The third-order valence-electron chi connectivity index (χ3n) is 4.52. The van der Waals surface area contributed by atoms with Gasteiger partial charge in [0.05, 0.1) is 24.3 Å². The minimum absolute atomic E-state index is 0.0576. The average molecular weight is 373 g/mol. The maximum Gasteiger partial charge on any atom is 0.252 e. The van der Waals surface area contributed by atoms with Crippen LogP contribution in [0.5, 0.6) is 0 Å². The molecule has 0 spiro atoms. The molecular formula is C19H23N3O5. The number of aromatic amines is 1. The molecule has 2 N–H and O–H groups in total. The van der Waals surface area contributed by atoms with Crippen LogP contribution in [0.4, 0.5) is 0 Å². The molecule has 27 heavy (non-hydrogen) atoms. The first-order valence-corrected chi connectivity index (χ1v) is 8.78. The molecule has 0 aliphatic carbocycles. The Morgan fingerprint density at radius 2 is 2.11 bits per heavy atom. The quantitative estimate of drug-likeness (QED) is 0.796. The Morgan fingerprint density at radius 3 is 2.89 bits per heavy atom. The summed E-state index contributed by atoms with van der Waals surface area (Å²) in [5.41, 5.74) is 0.547. The molecule has 2 aromatic rings. The van der Waals surface area contributed by atoms with Crippen LogP contribution in [0.2, 0.25) is 0 Å². The molecule has 8 heteroatoms. The number of amides is 2. The Kier molecular flexibility index (Phi) is 5.88. The largest absolute Gasteiger partial charge is 0.379 e. The summed E-state index contributed by atoms with van der Waals surface area (Å²) in [6.45, 7) is 0.729. The van der Waals surface area contributed by atoms with Crippen molar-refractivity contribution in [3.05, 3.63) is 46.2 Å². The van der Waals surface area contributed by atoms with Gasteiger partial charge in [0, 0.05) is 37.7 Å². The smallest absolute Gasteiger partial charge is 0.252 e. The summed E-state index contributed by atoms with van der Waals surface area (Å²) in [5, 5.41) is 3.55. The van der Waals surface area contributed by atoms with Gasteiger partial charge in [-0.3, -0.25) is 14.4 Å². The molecule has 1 aliphatic rings. The van der Waals surface area contributed by atoms with Crippen molar-refractivity contribution in [3.8, 4) is 0 Å². The summed E-state index contributed by atoms with van der Waals surface area (Å²) in [4.78, 5) is 40.6. The first-order chi connectivity index (χ1) is 13.0. The topological polar surface area (TPSA) is 101 Å². The van der Waals surface area contributed by atoms with Crippen molar-refractivity contribution in [2.75, 3.05) is 33.9 Å². The molecule has 0 saturated carbocycles. The Labute approximate surface area is 156 Å². The number of carbonyl (C=O) groups excluding carboxylic acids is 2. The second-order valence-corrected chi connectivity index (χ2v) is 6.67. The summed E-state index contributed by atoms with van der Waals surface area (Å²) in [5.74, 6) is -0.521. The Bertz CT molecular complexity index is 892. The summed E-state index contributed by atoms with van der Waals surface area (Å²) in [6, 6.07) is 8.00. The molecule has 1 saturated heterocycles. The molecule has 144 valence electrons. The van der Waals surface area contributed by atoms with Gasteiger partial charge in [-0.15, -0.1) is 0 Å². The van der Waals surface area contributed by atoms with Gasteiger partial charge in [-0.1, -0.05) is 18.2 Å². The molecule has 0 unspecified atom stereocenters. The van der Waals surface area contributed by atoms with Gasteiger partial charge < -0.3 is 24.7 Å². The van der Waals surface area contributed by atoms with Crippen molar-refractivity contribution >= 4 is 22.7 Å². The van der Waals surface area contributed by atoms with Crippen molar-refractivity contribution < 1.29 is 19.1 Å². The molecule has 1 fully saturated rings. The number of hydrogen-bond acceptors (Lipinski definition) is 5. The fourth-order valence-corrected chi connectivity index (χ4v) is 3.00. The number of ether oxygens (including phenoxy) is 2. The number of hydrogen-bond donors (Lipinski definition) is 2. The number of carbonyl (C=O) groups is 2. The van der Waals surface area contributed by atoms with Gasteiger partial charge in [-0.05, 0) is 12.5 Å². The zero-order valence-corrected chi connectivity index (χ0v) is 15.4. The molecule has 3 rings (SSSR count). The van der Waals surface area contributed by atoms with E-state index in [0.29, 0.717) is 29.5 Å². The number of nitrogens with zero attached hydrogens (tertiary/aromatic N) is 1. The third-order valence-corrected chi connectivity index (χ3v) is 4.52. The molecule has 1 aliphatic heterocycles. The summed E-state index contributed by atoms with van der Waals surface area (Å²) in [7, 11) is 3.32. The summed E-state index contributed by atoms with van der Waals surface area (Å²) in [6.07, 6.45) is 0.238. The number of rotatable bonds is 5. The Hall–Kier alpha value is -2.71. The number of benzene rings is 1. The van der Waals surface area contributed by atoms with E-state index in [9.17, 15) is 14.4 Å². The van der Waals surface area contributed by atoms with Crippen LogP contribution in [-0.2, 0) is 14.3 Å². The highest BCUT2D eigenvalue weighted by molar-refractivity contribution is 6.06. The number of H-pyrrole nitrogens is 1. The summed E-state index contributed by atoms with van der Waals surface area (Å²) < 4.78 is 11.2. The number of pyridine rings is 1. The lowest BCUT2D eigenvalue weighted by Crippen LogP contribution is -2.51. The fraction of sp³-hybridized carbons (Fsp3) is 0.421. The highest BCUT2D eigenvalue weighted by Gasteiger charge is 2.29. The fourth-order valence-electron chi connectivity index (χ4n) is 3.00. The van der Waals surface area contributed by atoms with Crippen LogP contribution in [0, 0.1) is 0 Å². The van der Waals surface area contributed by atoms with Gasteiger partial charge in [0.2, 0.25) is 11.5 Å². The Morgan fingerprint density at radius 1 is 1.33 bits per heavy atom. The standard InChI is InChI=1S/C19H23N3O5/c1-22(2)18(24)11-27-16-7-8-26-10-15(16)21-19(25)13-9-17(23)20-14-6-4-3-5-12(13)14/h3-6,9,15-16H,7-8,10-11H2,1-2H3,(H,20,23)(H,21,25)/t15-,16+/m0/s1. The average Bonchev–Trinajstić information content (AvgIpc) is 2.66. The van der Waals surface area contributed by atoms with Gasteiger partial charge in [-0.25, -0.2) is 0 Å². The number of likely N-dealkylation sites (N-methyl/N-ethyl adjacent to an activating group) is 1. The lowest BCUT2D eigenvalue weighted by atomic mass is 10.0. The van der Waals surface area contributed by atoms with Gasteiger partial charge in [0.1, 0.15) is 6.61 Å². The molecule has 2 amide bonds. The van der Waals surface area contributed by atoms with Gasteiger partial charge >= 0.3 is 0 Å². The van der Waals surface area contributed by atoms with Crippen LogP contribution in [0.25, 0.3) is 10.9 Å². The first kappa shape index (κ1) is 19.1. The molecule has 0 bridgehead atoms. The van der Waals surface area contributed by atoms with Crippen molar-refractivity contribution in [2.45, 2.75) is 18.6 Å². The highest BCUT2D eigenvalue weighted by atomic mass is 16.5. The van der Waals surface area contributed by atoms with Crippen LogP contribution >= 0.6 is 0 Å². The van der Waals surface area contributed by atoms with Crippen molar-refractivity contribution in [3.63, 3.8) is 0 Å². The number of nitrogens with one attached hydrogen (secondary N) is 2. The highest BCUT2D eigenvalue weighted by Crippen LogP contribution is 2.17. The minimum atomic E-state index is -0.403. The van der Waals surface area contributed by atoms with E-state index in [1.165, 1.54) is 11.0 Å². The molecule has 1 aromatic carbocycles. The maximum atomic E-state index is 12.8. The van der Waals surface area contributed by atoms with E-state index < -0.39 is 6.04 Å². The van der Waals surface area contributed by atoms with E-state index in [1.807, 2.05) is 0 Å². The number of para-hydroxylation sites is 1. The lowest BCUT2D eigenvalue weighted by Gasteiger charge is -2.32. The monoisotopic (exact) mass is 373 g/mol. The molecule has 2 heterocycles. The van der Waals surface area contributed by atoms with Crippen LogP contribution < -0.4 is 10.9 Å². The number of aromatic nitrogens is 1. The second kappa shape index (κ2) is 8.32. The van der Waals surface area contributed by atoms with Crippen LogP contribution in [0.3, 0.4) is 0 Å². The van der Waals surface area contributed by atoms with E-state index in [1.54, 1.807) is 38.4 Å². The van der Waals surface area contributed by atoms with Crippen LogP contribution in [0.15, 0.2) is 35.1 Å². The normalized spacial score (nSPS) is 19.6.